The Kier molecular flexibility index (Phi) is 6.38. The summed E-state index contributed by atoms with van der Waals surface area (Å²) in [7, 11) is 1.78. The molecule has 154 valence electrons. The van der Waals surface area contributed by atoms with Crippen LogP contribution in [0.25, 0.3) is 22.5 Å². The largest absolute Gasteiger partial charge is 0.315 e. The highest BCUT2D eigenvalue weighted by Gasteiger charge is 2.22. The van der Waals surface area contributed by atoms with E-state index in [0.29, 0.717) is 5.16 Å². The third-order valence-corrected chi connectivity index (χ3v) is 5.80. The van der Waals surface area contributed by atoms with Crippen LogP contribution in [-0.4, -0.2) is 33.4 Å². The highest BCUT2D eigenvalue weighted by molar-refractivity contribution is 8.00. The monoisotopic (exact) mass is 426 g/mol. The molecule has 1 heterocycles. The van der Waals surface area contributed by atoms with Crippen LogP contribution in [0, 0.1) is 0 Å². The SMILES string of the molecule is C[C@@H](Sc1nnc(-c2ccccc2)c(-c2ccccc2)n1)C(=O)N(C)c1ccccc1. The van der Waals surface area contributed by atoms with E-state index >= 15 is 0 Å². The number of benzene rings is 3. The Bertz CT molecular complexity index is 1150. The van der Waals surface area contributed by atoms with E-state index in [1.54, 1.807) is 11.9 Å². The Morgan fingerprint density at radius 2 is 1.29 bits per heavy atom. The molecule has 0 aliphatic carbocycles. The van der Waals surface area contributed by atoms with E-state index in [1.807, 2.05) is 97.9 Å². The average Bonchev–Trinajstić information content (AvgIpc) is 2.84. The summed E-state index contributed by atoms with van der Waals surface area (Å²) in [6, 6.07) is 29.4. The second-order valence-corrected chi connectivity index (χ2v) is 8.32. The molecular formula is C25H22N4OS. The molecule has 6 heteroatoms. The fourth-order valence-electron chi connectivity index (χ4n) is 3.21. The van der Waals surface area contributed by atoms with E-state index in [0.717, 1.165) is 28.2 Å². The minimum Gasteiger partial charge on any atom is -0.315 e. The Hall–Kier alpha value is -3.51. The van der Waals surface area contributed by atoms with Crippen molar-refractivity contribution in [3.8, 4) is 22.5 Å². The van der Waals surface area contributed by atoms with Gasteiger partial charge in [0.2, 0.25) is 11.1 Å². The van der Waals surface area contributed by atoms with Crippen molar-refractivity contribution in [1.82, 2.24) is 15.2 Å². The lowest BCUT2D eigenvalue weighted by Gasteiger charge is -2.20. The number of amides is 1. The minimum atomic E-state index is -0.363. The van der Waals surface area contributed by atoms with Gasteiger partial charge in [-0.2, -0.15) is 0 Å². The van der Waals surface area contributed by atoms with Crippen LogP contribution in [0.1, 0.15) is 6.92 Å². The molecule has 0 spiro atoms. The first kappa shape index (κ1) is 20.8. The van der Waals surface area contributed by atoms with Gasteiger partial charge in [0.15, 0.2) is 0 Å². The van der Waals surface area contributed by atoms with Gasteiger partial charge >= 0.3 is 0 Å². The number of aromatic nitrogens is 3. The van der Waals surface area contributed by atoms with Crippen LogP contribution >= 0.6 is 11.8 Å². The van der Waals surface area contributed by atoms with Crippen molar-refractivity contribution in [2.24, 2.45) is 0 Å². The van der Waals surface area contributed by atoms with Crippen molar-refractivity contribution in [3.05, 3.63) is 91.0 Å². The van der Waals surface area contributed by atoms with Crippen molar-refractivity contribution in [1.29, 1.82) is 0 Å². The number of carbonyl (C=O) groups excluding carboxylic acids is 1. The molecule has 0 bridgehead atoms. The Balaban J connectivity index is 1.63. The molecule has 0 saturated heterocycles. The van der Waals surface area contributed by atoms with Crippen LogP contribution < -0.4 is 4.90 Å². The lowest BCUT2D eigenvalue weighted by molar-refractivity contribution is -0.117. The maximum atomic E-state index is 12.9. The molecule has 3 aromatic carbocycles. The molecule has 5 nitrogen and oxygen atoms in total. The minimum absolute atomic E-state index is 0.0202. The van der Waals surface area contributed by atoms with E-state index in [-0.39, 0.29) is 11.2 Å². The van der Waals surface area contributed by atoms with Gasteiger partial charge in [0.05, 0.1) is 5.25 Å². The third kappa shape index (κ3) is 4.81. The Labute approximate surface area is 186 Å². The van der Waals surface area contributed by atoms with Gasteiger partial charge in [0, 0.05) is 23.9 Å². The van der Waals surface area contributed by atoms with E-state index in [4.69, 9.17) is 4.98 Å². The topological polar surface area (TPSA) is 59.0 Å². The molecule has 0 radical (unpaired) electrons. The van der Waals surface area contributed by atoms with Gasteiger partial charge in [0.25, 0.3) is 0 Å². The van der Waals surface area contributed by atoms with Crippen LogP contribution in [0.15, 0.2) is 96.2 Å². The quantitative estimate of drug-likeness (QED) is 0.389. The van der Waals surface area contributed by atoms with Gasteiger partial charge in [0.1, 0.15) is 11.4 Å². The van der Waals surface area contributed by atoms with Crippen molar-refractivity contribution in [3.63, 3.8) is 0 Å². The Morgan fingerprint density at radius 3 is 1.87 bits per heavy atom. The summed E-state index contributed by atoms with van der Waals surface area (Å²) in [6.45, 7) is 1.86. The molecular weight excluding hydrogens is 404 g/mol. The summed E-state index contributed by atoms with van der Waals surface area (Å²) in [6.07, 6.45) is 0. The normalized spacial score (nSPS) is 11.7. The summed E-state index contributed by atoms with van der Waals surface area (Å²) < 4.78 is 0. The lowest BCUT2D eigenvalue weighted by Crippen LogP contribution is -2.33. The van der Waals surface area contributed by atoms with E-state index in [1.165, 1.54) is 11.8 Å². The molecule has 4 aromatic rings. The van der Waals surface area contributed by atoms with Crippen LogP contribution in [0.5, 0.6) is 0 Å². The zero-order chi connectivity index (χ0) is 21.6. The molecule has 1 atom stereocenters. The summed E-state index contributed by atoms with van der Waals surface area (Å²) in [5, 5.41) is 8.92. The molecule has 0 unspecified atom stereocenters. The second kappa shape index (κ2) is 9.53. The molecule has 0 aliphatic heterocycles. The van der Waals surface area contributed by atoms with Crippen molar-refractivity contribution in [2.45, 2.75) is 17.3 Å². The molecule has 0 saturated carbocycles. The Morgan fingerprint density at radius 1 is 0.774 bits per heavy atom. The van der Waals surface area contributed by atoms with Crippen molar-refractivity contribution >= 4 is 23.4 Å². The molecule has 4 rings (SSSR count). The van der Waals surface area contributed by atoms with Crippen LogP contribution in [0.3, 0.4) is 0 Å². The van der Waals surface area contributed by atoms with Gasteiger partial charge < -0.3 is 4.90 Å². The predicted octanol–water partition coefficient (Wildman–Crippen LogP) is 5.35. The van der Waals surface area contributed by atoms with Gasteiger partial charge in [-0.25, -0.2) is 4.98 Å². The van der Waals surface area contributed by atoms with E-state index in [9.17, 15) is 4.79 Å². The summed E-state index contributed by atoms with van der Waals surface area (Å²) >= 11 is 1.31. The highest BCUT2D eigenvalue weighted by Crippen LogP contribution is 2.31. The van der Waals surface area contributed by atoms with E-state index in [2.05, 4.69) is 10.2 Å². The van der Waals surface area contributed by atoms with Gasteiger partial charge in [-0.05, 0) is 19.1 Å². The fraction of sp³-hybridized carbons (Fsp3) is 0.120. The van der Waals surface area contributed by atoms with Gasteiger partial charge in [-0.1, -0.05) is 90.6 Å². The first-order valence-electron chi connectivity index (χ1n) is 9.98. The van der Waals surface area contributed by atoms with Crippen LogP contribution in [0.4, 0.5) is 5.69 Å². The molecule has 1 amide bonds. The maximum Gasteiger partial charge on any atom is 0.240 e. The standard InChI is InChI=1S/C25H22N4OS/c1-18(24(30)29(2)21-16-10-5-11-17-21)31-25-26-22(19-12-6-3-7-13-19)23(27-28-25)20-14-8-4-9-15-20/h3-18H,1-2H3/t18-/m1/s1. The average molecular weight is 427 g/mol. The zero-order valence-electron chi connectivity index (χ0n) is 17.3. The van der Waals surface area contributed by atoms with Gasteiger partial charge in [-0.15, -0.1) is 10.2 Å². The third-order valence-electron chi connectivity index (χ3n) is 4.87. The van der Waals surface area contributed by atoms with Crippen molar-refractivity contribution < 1.29 is 4.79 Å². The highest BCUT2D eigenvalue weighted by atomic mass is 32.2. The zero-order valence-corrected chi connectivity index (χ0v) is 18.2. The van der Waals surface area contributed by atoms with Crippen LogP contribution in [-0.2, 0) is 4.79 Å². The molecule has 31 heavy (non-hydrogen) atoms. The second-order valence-electron chi connectivity index (χ2n) is 7.02. The first-order chi connectivity index (χ1) is 15.1. The number of thioether (sulfide) groups is 1. The number of anilines is 1. The number of rotatable bonds is 6. The molecule has 0 N–H and O–H groups in total. The van der Waals surface area contributed by atoms with Gasteiger partial charge in [-0.3, -0.25) is 4.79 Å². The number of carbonyl (C=O) groups is 1. The molecule has 1 aromatic heterocycles. The maximum absolute atomic E-state index is 12.9. The predicted molar refractivity (Wildman–Crippen MR) is 126 cm³/mol. The summed E-state index contributed by atoms with van der Waals surface area (Å²) in [4.78, 5) is 19.4. The number of hydrogen-bond acceptors (Lipinski definition) is 5. The first-order valence-corrected chi connectivity index (χ1v) is 10.9. The fourth-order valence-corrected chi connectivity index (χ4v) is 4.02. The molecule has 0 fully saturated rings. The molecule has 0 aliphatic rings. The van der Waals surface area contributed by atoms with E-state index < -0.39 is 0 Å². The number of hydrogen-bond donors (Lipinski definition) is 0. The lowest BCUT2D eigenvalue weighted by atomic mass is 10.0. The number of nitrogens with zero attached hydrogens (tertiary/aromatic N) is 4. The number of para-hydroxylation sites is 1. The summed E-state index contributed by atoms with van der Waals surface area (Å²) in [5.41, 5.74) is 4.23. The van der Waals surface area contributed by atoms with Crippen LogP contribution in [0.2, 0.25) is 0 Å². The van der Waals surface area contributed by atoms with Crippen molar-refractivity contribution in [2.75, 3.05) is 11.9 Å². The smallest absolute Gasteiger partial charge is 0.240 e. The summed E-state index contributed by atoms with van der Waals surface area (Å²) in [5.74, 6) is -0.0202.